The molecule has 0 aromatic rings. The van der Waals surface area contributed by atoms with E-state index < -0.39 is 0 Å². The molecule has 0 rings (SSSR count). The monoisotopic (exact) mass is 178 g/mol. The van der Waals surface area contributed by atoms with E-state index in [1.54, 1.807) is 0 Å². The van der Waals surface area contributed by atoms with Crippen molar-refractivity contribution in [3.63, 3.8) is 0 Å². The molecule has 1 unspecified atom stereocenters. The minimum Gasteiger partial charge on any atom is -0.165 e. The summed E-state index contributed by atoms with van der Waals surface area (Å²) in [5.74, 6) is 0.660. The lowest BCUT2D eigenvalue weighted by atomic mass is 10.2. The maximum atomic E-state index is 4.48. The molecule has 0 spiro atoms. The van der Waals surface area contributed by atoms with Crippen LogP contribution < -0.4 is 0 Å². The van der Waals surface area contributed by atoms with Crippen LogP contribution in [0.15, 0.2) is 0 Å². The Morgan fingerprint density at radius 1 is 1.20 bits per heavy atom. The molecule has 0 aliphatic rings. The van der Waals surface area contributed by atoms with Gasteiger partial charge in [0.25, 0.3) is 0 Å². The highest BCUT2D eigenvalue weighted by molar-refractivity contribution is 8.11. The van der Waals surface area contributed by atoms with Crippen LogP contribution in [-0.4, -0.2) is 9.33 Å². The molecule has 0 N–H and O–H groups in total. The molecule has 0 bridgehead atoms. The SMILES string of the molecule is CC(C)C(S)SC(C)(C)C. The second-order valence-electron chi connectivity index (χ2n) is 3.86. The van der Waals surface area contributed by atoms with Crippen LogP contribution in [0, 0.1) is 5.92 Å². The van der Waals surface area contributed by atoms with Gasteiger partial charge in [0, 0.05) is 4.75 Å². The third-order valence-electron chi connectivity index (χ3n) is 1.04. The van der Waals surface area contributed by atoms with E-state index in [-0.39, 0.29) is 0 Å². The zero-order valence-corrected chi connectivity index (χ0v) is 9.22. The third-order valence-corrected chi connectivity index (χ3v) is 3.45. The summed E-state index contributed by atoms with van der Waals surface area (Å²) in [6, 6.07) is 0. The summed E-state index contributed by atoms with van der Waals surface area (Å²) in [6.07, 6.45) is 0. The maximum Gasteiger partial charge on any atom is 0.0500 e. The Morgan fingerprint density at radius 3 is 1.70 bits per heavy atom. The molecule has 0 aliphatic carbocycles. The molecule has 0 heterocycles. The quantitative estimate of drug-likeness (QED) is 0.499. The van der Waals surface area contributed by atoms with Crippen LogP contribution in [0.5, 0.6) is 0 Å². The number of thioether (sulfide) groups is 1. The van der Waals surface area contributed by atoms with E-state index >= 15 is 0 Å². The van der Waals surface area contributed by atoms with Gasteiger partial charge in [-0.3, -0.25) is 0 Å². The van der Waals surface area contributed by atoms with Gasteiger partial charge in [0.2, 0.25) is 0 Å². The van der Waals surface area contributed by atoms with Gasteiger partial charge in [-0.25, -0.2) is 0 Å². The molecular formula is C8H18S2. The molecule has 0 nitrogen and oxygen atoms in total. The fraction of sp³-hybridized carbons (Fsp3) is 1.00. The van der Waals surface area contributed by atoms with Crippen LogP contribution in [0.25, 0.3) is 0 Å². The molecule has 2 heteroatoms. The minimum absolute atomic E-state index is 0.344. The molecule has 0 aliphatic heterocycles. The van der Waals surface area contributed by atoms with Crippen LogP contribution >= 0.6 is 24.4 Å². The van der Waals surface area contributed by atoms with Gasteiger partial charge in [-0.1, -0.05) is 34.6 Å². The molecule has 0 radical (unpaired) electrons. The van der Waals surface area contributed by atoms with Crippen molar-refractivity contribution in [2.75, 3.05) is 0 Å². The number of hydrogen-bond donors (Lipinski definition) is 1. The predicted octanol–water partition coefficient (Wildman–Crippen LogP) is 3.43. The van der Waals surface area contributed by atoms with E-state index in [0.717, 1.165) is 0 Å². The fourth-order valence-corrected chi connectivity index (χ4v) is 2.44. The Balaban J connectivity index is 3.68. The second-order valence-corrected chi connectivity index (χ2v) is 6.74. The van der Waals surface area contributed by atoms with Crippen molar-refractivity contribution in [3.8, 4) is 0 Å². The summed E-state index contributed by atoms with van der Waals surface area (Å²) in [7, 11) is 0. The smallest absolute Gasteiger partial charge is 0.0500 e. The van der Waals surface area contributed by atoms with Crippen molar-refractivity contribution >= 4 is 24.4 Å². The lowest BCUT2D eigenvalue weighted by Crippen LogP contribution is -2.15. The molecule has 0 fully saturated rings. The van der Waals surface area contributed by atoms with Crippen LogP contribution in [0.3, 0.4) is 0 Å². The lowest BCUT2D eigenvalue weighted by molar-refractivity contribution is 0.708. The van der Waals surface area contributed by atoms with Crippen molar-refractivity contribution in [3.05, 3.63) is 0 Å². The normalized spacial score (nSPS) is 15.9. The Morgan fingerprint density at radius 2 is 1.60 bits per heavy atom. The van der Waals surface area contributed by atoms with Gasteiger partial charge in [-0.05, 0) is 5.92 Å². The van der Waals surface area contributed by atoms with Gasteiger partial charge in [-0.2, -0.15) is 12.6 Å². The summed E-state index contributed by atoms with van der Waals surface area (Å²) in [6.45, 7) is 11.1. The van der Waals surface area contributed by atoms with Crippen LogP contribution in [-0.2, 0) is 0 Å². The average molecular weight is 178 g/mol. The minimum atomic E-state index is 0.344. The largest absolute Gasteiger partial charge is 0.165 e. The molecule has 0 saturated carbocycles. The van der Waals surface area contributed by atoms with E-state index in [4.69, 9.17) is 0 Å². The Labute approximate surface area is 74.6 Å². The average Bonchev–Trinajstić information content (AvgIpc) is 1.60. The highest BCUT2D eigenvalue weighted by Crippen LogP contribution is 2.33. The van der Waals surface area contributed by atoms with E-state index in [2.05, 4.69) is 47.2 Å². The van der Waals surface area contributed by atoms with Crippen molar-refractivity contribution in [2.45, 2.75) is 43.9 Å². The summed E-state index contributed by atoms with van der Waals surface area (Å²) < 4.78 is 0.816. The van der Waals surface area contributed by atoms with E-state index in [1.807, 2.05) is 11.8 Å². The summed E-state index contributed by atoms with van der Waals surface area (Å²) >= 11 is 6.41. The first-order valence-corrected chi connectivity index (χ1v) is 5.08. The van der Waals surface area contributed by atoms with Crippen molar-refractivity contribution in [1.29, 1.82) is 0 Å². The Hall–Kier alpha value is 0.700. The van der Waals surface area contributed by atoms with E-state index in [1.165, 1.54) is 0 Å². The number of hydrogen-bond acceptors (Lipinski definition) is 2. The maximum absolute atomic E-state index is 4.48. The highest BCUT2D eigenvalue weighted by Gasteiger charge is 2.18. The van der Waals surface area contributed by atoms with E-state index in [0.29, 0.717) is 15.2 Å². The van der Waals surface area contributed by atoms with Gasteiger partial charge in [0.1, 0.15) is 0 Å². The van der Waals surface area contributed by atoms with Gasteiger partial charge >= 0.3 is 0 Å². The topological polar surface area (TPSA) is 0 Å². The Kier molecular flexibility index (Phi) is 4.19. The lowest BCUT2D eigenvalue weighted by Gasteiger charge is -2.24. The van der Waals surface area contributed by atoms with Gasteiger partial charge in [-0.15, -0.1) is 11.8 Å². The molecule has 0 aromatic heterocycles. The fourth-order valence-electron chi connectivity index (χ4n) is 0.498. The van der Waals surface area contributed by atoms with Gasteiger partial charge < -0.3 is 0 Å². The zero-order chi connectivity index (χ0) is 8.36. The van der Waals surface area contributed by atoms with Crippen LogP contribution in [0.4, 0.5) is 0 Å². The standard InChI is InChI=1S/C8H18S2/c1-6(2)7(9)10-8(3,4)5/h6-7,9H,1-5H3. The Bertz CT molecular complexity index is 91.9. The summed E-state index contributed by atoms with van der Waals surface area (Å²) in [4.78, 5) is 0. The summed E-state index contributed by atoms with van der Waals surface area (Å²) in [5, 5.41) is 0. The molecule has 0 amide bonds. The van der Waals surface area contributed by atoms with E-state index in [9.17, 15) is 0 Å². The van der Waals surface area contributed by atoms with Crippen molar-refractivity contribution in [2.24, 2.45) is 5.92 Å². The number of rotatable bonds is 2. The molecule has 10 heavy (non-hydrogen) atoms. The third kappa shape index (κ3) is 5.48. The molecular weight excluding hydrogens is 160 g/mol. The van der Waals surface area contributed by atoms with Crippen LogP contribution in [0.1, 0.15) is 34.6 Å². The van der Waals surface area contributed by atoms with Crippen LogP contribution in [0.2, 0.25) is 0 Å². The first kappa shape index (κ1) is 10.7. The molecule has 0 saturated heterocycles. The second kappa shape index (κ2) is 3.91. The first-order chi connectivity index (χ1) is 4.33. The highest BCUT2D eigenvalue weighted by atomic mass is 32.2. The van der Waals surface area contributed by atoms with Crippen molar-refractivity contribution in [1.82, 2.24) is 0 Å². The first-order valence-electron chi connectivity index (χ1n) is 3.69. The predicted molar refractivity (Wildman–Crippen MR) is 55.0 cm³/mol. The van der Waals surface area contributed by atoms with Gasteiger partial charge in [0.05, 0.1) is 4.58 Å². The summed E-state index contributed by atoms with van der Waals surface area (Å²) in [5.41, 5.74) is 0. The molecule has 0 aromatic carbocycles. The zero-order valence-electron chi connectivity index (χ0n) is 7.51. The molecule has 1 atom stereocenters. The van der Waals surface area contributed by atoms with Gasteiger partial charge in [0.15, 0.2) is 0 Å². The molecule has 62 valence electrons. The number of thiol groups is 1. The van der Waals surface area contributed by atoms with Crippen molar-refractivity contribution < 1.29 is 0 Å².